The van der Waals surface area contributed by atoms with Gasteiger partial charge in [-0.05, 0) is 36.4 Å². The lowest BCUT2D eigenvalue weighted by Gasteiger charge is -2.11. The van der Waals surface area contributed by atoms with Gasteiger partial charge in [0.1, 0.15) is 23.1 Å². The van der Waals surface area contributed by atoms with Gasteiger partial charge in [-0.3, -0.25) is 0 Å². The highest BCUT2D eigenvalue weighted by atomic mass is 32.2. The van der Waals surface area contributed by atoms with E-state index in [-0.39, 0.29) is 28.1 Å². The second-order valence-electron chi connectivity index (χ2n) is 5.64. The number of benzene rings is 2. The fourth-order valence-electron chi connectivity index (χ4n) is 2.24. The molecule has 0 aliphatic rings. The number of aromatic nitrogens is 2. The first-order valence-electron chi connectivity index (χ1n) is 8.10. The lowest BCUT2D eigenvalue weighted by Crippen LogP contribution is -2.10. The molecular formula is C19H13F5N2O2S. The maximum absolute atomic E-state index is 13.7. The van der Waals surface area contributed by atoms with E-state index in [1.54, 1.807) is 12.1 Å². The van der Waals surface area contributed by atoms with E-state index in [1.165, 1.54) is 25.3 Å². The molecule has 10 heteroatoms. The number of alkyl halides is 3. The largest absolute Gasteiger partial charge is 0.497 e. The van der Waals surface area contributed by atoms with Crippen molar-refractivity contribution in [1.82, 2.24) is 9.97 Å². The molecule has 0 fully saturated rings. The molecule has 0 aliphatic heterocycles. The van der Waals surface area contributed by atoms with E-state index in [0.717, 1.165) is 12.1 Å². The van der Waals surface area contributed by atoms with Gasteiger partial charge in [0.25, 0.3) is 0 Å². The van der Waals surface area contributed by atoms with E-state index < -0.39 is 23.5 Å². The predicted molar refractivity (Wildman–Crippen MR) is 96.0 cm³/mol. The lowest BCUT2D eigenvalue weighted by molar-refractivity contribution is -0.141. The summed E-state index contributed by atoms with van der Waals surface area (Å²) in [5.74, 6) is -1.48. The molecular weight excluding hydrogens is 415 g/mol. The van der Waals surface area contributed by atoms with Crippen molar-refractivity contribution >= 4 is 11.8 Å². The molecule has 29 heavy (non-hydrogen) atoms. The normalized spacial score (nSPS) is 11.4. The summed E-state index contributed by atoms with van der Waals surface area (Å²) in [7, 11) is 1.47. The number of rotatable bonds is 6. The molecule has 3 rings (SSSR count). The molecule has 0 amide bonds. The number of ether oxygens (including phenoxy) is 2. The van der Waals surface area contributed by atoms with Crippen LogP contribution in [0.1, 0.15) is 11.3 Å². The molecule has 0 saturated heterocycles. The highest BCUT2D eigenvalue weighted by Gasteiger charge is 2.34. The van der Waals surface area contributed by atoms with Crippen LogP contribution in [0, 0.1) is 11.6 Å². The zero-order valence-corrected chi connectivity index (χ0v) is 15.7. The number of hydrogen-bond acceptors (Lipinski definition) is 5. The van der Waals surface area contributed by atoms with Gasteiger partial charge >= 0.3 is 6.18 Å². The first-order chi connectivity index (χ1) is 13.8. The minimum absolute atomic E-state index is 0.230. The summed E-state index contributed by atoms with van der Waals surface area (Å²) >= 11 is 0.661. The lowest BCUT2D eigenvalue weighted by atomic mass is 10.2. The smallest absolute Gasteiger partial charge is 0.433 e. The van der Waals surface area contributed by atoms with Crippen LogP contribution in [0.4, 0.5) is 22.0 Å². The van der Waals surface area contributed by atoms with Crippen LogP contribution in [0.2, 0.25) is 0 Å². The van der Waals surface area contributed by atoms with E-state index in [4.69, 9.17) is 9.47 Å². The molecule has 0 N–H and O–H groups in total. The van der Waals surface area contributed by atoms with Crippen molar-refractivity contribution in [1.29, 1.82) is 0 Å². The molecule has 1 aromatic heterocycles. The van der Waals surface area contributed by atoms with Crippen LogP contribution < -0.4 is 9.47 Å². The van der Waals surface area contributed by atoms with Crippen LogP contribution in [-0.2, 0) is 11.9 Å². The summed E-state index contributed by atoms with van der Waals surface area (Å²) in [6, 6.07) is 10.1. The average molecular weight is 428 g/mol. The summed E-state index contributed by atoms with van der Waals surface area (Å²) in [6.07, 6.45) is -4.75. The highest BCUT2D eigenvalue weighted by Crippen LogP contribution is 2.33. The molecule has 0 saturated carbocycles. The van der Waals surface area contributed by atoms with E-state index in [1.807, 2.05) is 0 Å². The molecule has 0 unspecified atom stereocenters. The Morgan fingerprint density at radius 3 is 2.14 bits per heavy atom. The number of methoxy groups -OCH3 is 1. The maximum atomic E-state index is 13.7. The highest BCUT2D eigenvalue weighted by molar-refractivity contribution is 7.98. The third-order valence-corrected chi connectivity index (χ3v) is 4.54. The van der Waals surface area contributed by atoms with Gasteiger partial charge in [0.2, 0.25) is 5.88 Å². The first-order valence-corrected chi connectivity index (χ1v) is 9.08. The predicted octanol–water partition coefficient (Wildman–Crippen LogP) is 5.87. The number of thioether (sulfide) groups is 1. The second-order valence-corrected chi connectivity index (χ2v) is 6.58. The molecule has 0 atom stereocenters. The van der Waals surface area contributed by atoms with Crippen molar-refractivity contribution in [3.63, 3.8) is 0 Å². The Labute approximate surface area is 166 Å². The van der Waals surface area contributed by atoms with Crippen molar-refractivity contribution < 1.29 is 31.4 Å². The zero-order valence-electron chi connectivity index (χ0n) is 14.8. The summed E-state index contributed by atoms with van der Waals surface area (Å²) < 4.78 is 77.4. The van der Waals surface area contributed by atoms with E-state index in [9.17, 15) is 22.0 Å². The fourth-order valence-corrected chi connectivity index (χ4v) is 3.10. The van der Waals surface area contributed by atoms with E-state index in [0.29, 0.717) is 23.6 Å². The summed E-state index contributed by atoms with van der Waals surface area (Å²) in [4.78, 5) is 7.34. The minimum atomic E-state index is -4.75. The second kappa shape index (κ2) is 8.64. The van der Waals surface area contributed by atoms with Crippen LogP contribution in [0.3, 0.4) is 0 Å². The Morgan fingerprint density at radius 2 is 1.55 bits per heavy atom. The van der Waals surface area contributed by atoms with Crippen LogP contribution >= 0.6 is 11.8 Å². The summed E-state index contributed by atoms with van der Waals surface area (Å²) in [5, 5.41) is -0.328. The molecule has 0 radical (unpaired) electrons. The van der Waals surface area contributed by atoms with Crippen molar-refractivity contribution in [3.8, 4) is 17.4 Å². The van der Waals surface area contributed by atoms with Gasteiger partial charge in [0.15, 0.2) is 10.9 Å². The van der Waals surface area contributed by atoms with Crippen molar-refractivity contribution in [2.24, 2.45) is 0 Å². The average Bonchev–Trinajstić information content (AvgIpc) is 2.67. The zero-order chi connectivity index (χ0) is 21.0. The van der Waals surface area contributed by atoms with Gasteiger partial charge in [-0.1, -0.05) is 17.8 Å². The minimum Gasteiger partial charge on any atom is -0.497 e. The van der Waals surface area contributed by atoms with Gasteiger partial charge in [-0.25, -0.2) is 13.8 Å². The third kappa shape index (κ3) is 5.35. The van der Waals surface area contributed by atoms with Gasteiger partial charge in [-0.2, -0.15) is 18.2 Å². The van der Waals surface area contributed by atoms with Crippen molar-refractivity contribution in [3.05, 3.63) is 71.4 Å². The Bertz CT molecular complexity index is 977. The molecule has 3 aromatic rings. The topological polar surface area (TPSA) is 44.2 Å². The Morgan fingerprint density at radius 1 is 0.931 bits per heavy atom. The van der Waals surface area contributed by atoms with Gasteiger partial charge in [-0.15, -0.1) is 0 Å². The Balaban J connectivity index is 1.87. The van der Waals surface area contributed by atoms with Gasteiger partial charge in [0.05, 0.1) is 7.11 Å². The van der Waals surface area contributed by atoms with Crippen LogP contribution in [0.5, 0.6) is 17.4 Å². The van der Waals surface area contributed by atoms with Gasteiger partial charge < -0.3 is 9.47 Å². The number of hydrogen-bond donors (Lipinski definition) is 0. The van der Waals surface area contributed by atoms with Gasteiger partial charge in [0, 0.05) is 17.4 Å². The van der Waals surface area contributed by atoms with E-state index in [2.05, 4.69) is 9.97 Å². The third-order valence-electron chi connectivity index (χ3n) is 3.66. The number of halogens is 5. The number of nitrogens with zero attached hydrogens (tertiary/aromatic N) is 2. The molecule has 2 aromatic carbocycles. The molecule has 4 nitrogen and oxygen atoms in total. The van der Waals surface area contributed by atoms with Crippen LogP contribution in [0.15, 0.2) is 53.7 Å². The van der Waals surface area contributed by atoms with Crippen molar-refractivity contribution in [2.45, 2.75) is 17.1 Å². The monoisotopic (exact) mass is 428 g/mol. The van der Waals surface area contributed by atoms with Crippen LogP contribution in [-0.4, -0.2) is 17.1 Å². The molecule has 0 spiro atoms. The quantitative estimate of drug-likeness (QED) is 0.279. The van der Waals surface area contributed by atoms with E-state index >= 15 is 0 Å². The molecule has 152 valence electrons. The SMILES string of the molecule is COc1ccc(Oc2cc(C(F)(F)F)nc(SCc3c(F)cccc3F)n2)cc1. The maximum Gasteiger partial charge on any atom is 0.433 e. The van der Waals surface area contributed by atoms with Crippen LogP contribution in [0.25, 0.3) is 0 Å². The fraction of sp³-hybridized carbons (Fsp3) is 0.158. The molecule has 0 aliphatic carbocycles. The van der Waals surface area contributed by atoms with Crippen molar-refractivity contribution in [2.75, 3.05) is 7.11 Å². The Kier molecular flexibility index (Phi) is 6.21. The molecule has 0 bridgehead atoms. The summed E-state index contributed by atoms with van der Waals surface area (Å²) in [5.41, 5.74) is -1.51. The first kappa shape index (κ1) is 20.8. The Hall–Kier alpha value is -2.88. The summed E-state index contributed by atoms with van der Waals surface area (Å²) in [6.45, 7) is 0. The molecule has 1 heterocycles. The standard InChI is InChI=1S/C19H13F5N2O2S/c1-27-11-5-7-12(8-6-11)28-17-9-16(19(22,23)24)25-18(26-17)29-10-13-14(20)3-2-4-15(13)21/h2-9H,10H2,1H3.